The normalized spacial score (nSPS) is 15.8. The summed E-state index contributed by atoms with van der Waals surface area (Å²) in [4.78, 5) is 11.4. The lowest BCUT2D eigenvalue weighted by Crippen LogP contribution is -2.06. The van der Waals surface area contributed by atoms with Crippen LogP contribution in [0.25, 0.3) is 0 Å². The molecule has 3 rings (SSSR count). The average molecular weight is 266 g/mol. The summed E-state index contributed by atoms with van der Waals surface area (Å²) < 4.78 is 11.2. The summed E-state index contributed by atoms with van der Waals surface area (Å²) in [7, 11) is 0. The summed E-state index contributed by atoms with van der Waals surface area (Å²) >= 11 is 4.27. The molecule has 0 unspecified atom stereocenters. The van der Waals surface area contributed by atoms with Crippen molar-refractivity contribution in [2.24, 2.45) is 0 Å². The van der Waals surface area contributed by atoms with Gasteiger partial charge in [0.1, 0.15) is 17.1 Å². The zero-order chi connectivity index (χ0) is 12.7. The molecule has 0 saturated heterocycles. The molecule has 2 aliphatic rings. The second kappa shape index (κ2) is 4.39. The van der Waals surface area contributed by atoms with Crippen LogP contribution in [0.4, 0.5) is 0 Å². The Bertz CT molecular complexity index is 489. The van der Waals surface area contributed by atoms with E-state index >= 15 is 0 Å². The molecule has 1 aromatic rings. The number of carboxylic acid groups (broad SMARTS) is 1. The molecule has 5 heteroatoms. The quantitative estimate of drug-likeness (QED) is 0.818. The Morgan fingerprint density at radius 2 is 1.83 bits per heavy atom. The van der Waals surface area contributed by atoms with E-state index in [1.165, 1.54) is 0 Å². The van der Waals surface area contributed by atoms with Gasteiger partial charge in [0.15, 0.2) is 0 Å². The van der Waals surface area contributed by atoms with Gasteiger partial charge < -0.3 is 14.6 Å². The van der Waals surface area contributed by atoms with Gasteiger partial charge in [-0.15, -0.1) is 0 Å². The van der Waals surface area contributed by atoms with Crippen LogP contribution in [0.5, 0.6) is 11.5 Å². The molecule has 0 spiro atoms. The molecule has 0 atom stereocenters. The molecule has 1 N–H and O–H groups in total. The molecule has 96 valence electrons. The van der Waals surface area contributed by atoms with Gasteiger partial charge in [0.25, 0.3) is 0 Å². The van der Waals surface area contributed by atoms with Crippen molar-refractivity contribution < 1.29 is 19.4 Å². The minimum atomic E-state index is -0.924. The maximum absolute atomic E-state index is 11.4. The molecule has 4 nitrogen and oxygen atoms in total. The van der Waals surface area contributed by atoms with Crippen molar-refractivity contribution in [3.05, 3.63) is 22.3 Å². The minimum Gasteiger partial charge on any atom is -0.493 e. The van der Waals surface area contributed by atoms with E-state index in [1.807, 2.05) is 0 Å². The first-order valence-corrected chi connectivity index (χ1v) is 6.67. The Balaban J connectivity index is 2.28. The van der Waals surface area contributed by atoms with E-state index in [0.717, 1.165) is 35.3 Å². The van der Waals surface area contributed by atoms with Crippen LogP contribution in [0.2, 0.25) is 0 Å². The van der Waals surface area contributed by atoms with E-state index in [1.54, 1.807) is 0 Å². The summed E-state index contributed by atoms with van der Waals surface area (Å²) in [6, 6.07) is 0. The van der Waals surface area contributed by atoms with Gasteiger partial charge in [0.2, 0.25) is 0 Å². The lowest BCUT2D eigenvalue weighted by molar-refractivity contribution is 0.0692. The number of carbonyl (C=O) groups is 1. The molecule has 0 bridgehead atoms. The number of carboxylic acids is 1. The van der Waals surface area contributed by atoms with E-state index in [4.69, 9.17) is 9.47 Å². The van der Waals surface area contributed by atoms with Crippen LogP contribution in [0.3, 0.4) is 0 Å². The van der Waals surface area contributed by atoms with Crippen molar-refractivity contribution >= 4 is 18.6 Å². The number of rotatable bonds is 3. The molecular weight excluding hydrogens is 252 g/mol. The first kappa shape index (κ1) is 11.7. The summed E-state index contributed by atoms with van der Waals surface area (Å²) in [5.41, 5.74) is 3.19. The SMILES string of the molecule is O=C(O)c1c2c(c(CCS)c3c1OCC3)OCC2. The van der Waals surface area contributed by atoms with Crippen molar-refractivity contribution in [1.29, 1.82) is 0 Å². The fraction of sp³-hybridized carbons (Fsp3) is 0.462. The van der Waals surface area contributed by atoms with Gasteiger partial charge in [-0.25, -0.2) is 4.79 Å². The van der Waals surface area contributed by atoms with Crippen LogP contribution >= 0.6 is 12.6 Å². The van der Waals surface area contributed by atoms with Crippen molar-refractivity contribution in [2.45, 2.75) is 19.3 Å². The predicted molar refractivity (Wildman–Crippen MR) is 69.4 cm³/mol. The number of benzene rings is 1. The van der Waals surface area contributed by atoms with Gasteiger partial charge >= 0.3 is 5.97 Å². The largest absolute Gasteiger partial charge is 0.493 e. The van der Waals surface area contributed by atoms with Crippen LogP contribution in [0.1, 0.15) is 27.0 Å². The highest BCUT2D eigenvalue weighted by Gasteiger charge is 2.33. The average Bonchev–Trinajstić information content (AvgIpc) is 2.96. The number of fused-ring (bicyclic) bond motifs is 2. The van der Waals surface area contributed by atoms with Crippen molar-refractivity contribution in [3.8, 4) is 11.5 Å². The van der Waals surface area contributed by atoms with E-state index in [-0.39, 0.29) is 0 Å². The van der Waals surface area contributed by atoms with Crippen LogP contribution in [-0.4, -0.2) is 30.0 Å². The third kappa shape index (κ3) is 1.57. The predicted octanol–water partition coefficient (Wildman–Crippen LogP) is 1.73. The molecule has 2 aliphatic heterocycles. The van der Waals surface area contributed by atoms with E-state index in [2.05, 4.69) is 12.6 Å². The summed E-state index contributed by atoms with van der Waals surface area (Å²) in [5.74, 6) is 1.12. The summed E-state index contributed by atoms with van der Waals surface area (Å²) in [6.07, 6.45) is 2.19. The first-order valence-electron chi connectivity index (χ1n) is 6.04. The fourth-order valence-electron chi connectivity index (χ4n) is 2.81. The van der Waals surface area contributed by atoms with Gasteiger partial charge in [-0.05, 0) is 12.2 Å². The third-order valence-electron chi connectivity index (χ3n) is 3.49. The Morgan fingerprint density at radius 1 is 1.17 bits per heavy atom. The molecule has 18 heavy (non-hydrogen) atoms. The Hall–Kier alpha value is -1.36. The molecule has 1 aromatic carbocycles. The molecule has 0 aromatic heterocycles. The fourth-order valence-corrected chi connectivity index (χ4v) is 3.03. The van der Waals surface area contributed by atoms with Crippen LogP contribution in [0, 0.1) is 0 Å². The minimum absolute atomic E-state index is 0.304. The first-order chi connectivity index (χ1) is 8.74. The third-order valence-corrected chi connectivity index (χ3v) is 3.71. The van der Waals surface area contributed by atoms with Crippen LogP contribution in [-0.2, 0) is 19.3 Å². The Labute approximate surface area is 110 Å². The van der Waals surface area contributed by atoms with Gasteiger partial charge in [-0.2, -0.15) is 12.6 Å². The van der Waals surface area contributed by atoms with Crippen LogP contribution < -0.4 is 9.47 Å². The van der Waals surface area contributed by atoms with Gasteiger partial charge in [-0.1, -0.05) is 0 Å². The number of hydrogen-bond donors (Lipinski definition) is 2. The number of hydrogen-bond acceptors (Lipinski definition) is 4. The Morgan fingerprint density at radius 3 is 2.50 bits per heavy atom. The molecule has 2 heterocycles. The summed E-state index contributed by atoms with van der Waals surface area (Å²) in [6.45, 7) is 1.11. The molecular formula is C13H14O4S. The number of aromatic carboxylic acids is 1. The van der Waals surface area contributed by atoms with Gasteiger partial charge in [0, 0.05) is 29.5 Å². The van der Waals surface area contributed by atoms with E-state index in [9.17, 15) is 9.90 Å². The van der Waals surface area contributed by atoms with Crippen molar-refractivity contribution in [2.75, 3.05) is 19.0 Å². The molecule has 0 radical (unpaired) electrons. The van der Waals surface area contributed by atoms with Gasteiger partial charge in [-0.3, -0.25) is 0 Å². The highest BCUT2D eigenvalue weighted by Crippen LogP contribution is 2.44. The monoisotopic (exact) mass is 266 g/mol. The van der Waals surface area contributed by atoms with Crippen LogP contribution in [0.15, 0.2) is 0 Å². The summed E-state index contributed by atoms with van der Waals surface area (Å²) in [5, 5.41) is 9.38. The standard InChI is InChI=1S/C13H14O4S/c14-13(15)10-9-2-5-16-11(9)8(3-6-18)7-1-4-17-12(7)10/h18H,1-6H2,(H,14,15). The zero-order valence-corrected chi connectivity index (χ0v) is 10.8. The second-order valence-electron chi connectivity index (χ2n) is 4.44. The highest BCUT2D eigenvalue weighted by molar-refractivity contribution is 7.80. The van der Waals surface area contributed by atoms with Crippen molar-refractivity contribution in [1.82, 2.24) is 0 Å². The molecule has 0 fully saturated rings. The molecule has 0 aliphatic carbocycles. The number of ether oxygens (including phenoxy) is 2. The highest BCUT2D eigenvalue weighted by atomic mass is 32.1. The number of thiol groups is 1. The maximum Gasteiger partial charge on any atom is 0.339 e. The van der Waals surface area contributed by atoms with E-state index < -0.39 is 5.97 Å². The van der Waals surface area contributed by atoms with E-state index in [0.29, 0.717) is 36.7 Å². The maximum atomic E-state index is 11.4. The Kier molecular flexibility index (Phi) is 2.86. The lowest BCUT2D eigenvalue weighted by atomic mass is 9.93. The topological polar surface area (TPSA) is 55.8 Å². The lowest BCUT2D eigenvalue weighted by Gasteiger charge is -2.14. The molecule has 0 amide bonds. The van der Waals surface area contributed by atoms with Crippen molar-refractivity contribution in [3.63, 3.8) is 0 Å². The van der Waals surface area contributed by atoms with Gasteiger partial charge in [0.05, 0.1) is 13.2 Å². The molecule has 0 saturated carbocycles. The zero-order valence-electron chi connectivity index (χ0n) is 9.86. The second-order valence-corrected chi connectivity index (χ2v) is 4.89. The smallest absolute Gasteiger partial charge is 0.339 e.